The largest absolute Gasteiger partial charge is 1.00 e. The van der Waals surface area contributed by atoms with Gasteiger partial charge in [0.15, 0.2) is 0 Å². The molecule has 80 valence electrons. The number of hydrogen-bond donors (Lipinski definition) is 0. The summed E-state index contributed by atoms with van der Waals surface area (Å²) in [4.78, 5) is 0. The zero-order chi connectivity index (χ0) is 10.8. The molecule has 1 rings (SSSR count). The van der Waals surface area contributed by atoms with E-state index in [2.05, 4.69) is 5.10 Å². The molecule has 0 saturated heterocycles. The van der Waals surface area contributed by atoms with Crippen molar-refractivity contribution in [1.82, 2.24) is 9.78 Å². The van der Waals surface area contributed by atoms with E-state index >= 15 is 0 Å². The first-order valence-electron chi connectivity index (χ1n) is 4.33. The molecule has 0 bridgehead atoms. The average molecular weight is 240 g/mol. The Labute approximate surface area is 112 Å². The minimum Gasteiger partial charge on any atom is -0.748 e. The van der Waals surface area contributed by atoms with Crippen LogP contribution in [0.5, 0.6) is 0 Å². The molecule has 0 unspecified atom stereocenters. The van der Waals surface area contributed by atoms with Crippen molar-refractivity contribution in [3.05, 3.63) is 17.5 Å². The topological polar surface area (TPSA) is 75.0 Å². The summed E-state index contributed by atoms with van der Waals surface area (Å²) in [5.41, 5.74) is 1.87. The zero-order valence-corrected chi connectivity index (χ0v) is 12.0. The second-order valence-electron chi connectivity index (χ2n) is 3.27. The van der Waals surface area contributed by atoms with Gasteiger partial charge in [-0.2, -0.15) is 5.10 Å². The molecule has 0 N–H and O–H groups in total. The van der Waals surface area contributed by atoms with Crippen LogP contribution in [0.25, 0.3) is 0 Å². The van der Waals surface area contributed by atoms with Gasteiger partial charge in [0.05, 0.1) is 15.8 Å². The summed E-state index contributed by atoms with van der Waals surface area (Å²) >= 11 is 0. The maximum atomic E-state index is 10.3. The summed E-state index contributed by atoms with van der Waals surface area (Å²) in [6.07, 6.45) is 0.313. The standard InChI is InChI=1S/C8H14N2O3S.Na/c1-7-6-8(2)10(9-7)4-3-5-14(11,12)13;/h6H,3-5H2,1-2H3,(H,11,12,13);/q;+1/p-1. The van der Waals surface area contributed by atoms with Crippen molar-refractivity contribution < 1.29 is 42.5 Å². The summed E-state index contributed by atoms with van der Waals surface area (Å²) in [7, 11) is -4.09. The predicted octanol–water partition coefficient (Wildman–Crippen LogP) is -2.56. The SMILES string of the molecule is Cc1cc(C)n(CCCS(=O)(=O)[O-])n1.[Na+]. The van der Waals surface area contributed by atoms with Crippen molar-refractivity contribution in [3.8, 4) is 0 Å². The Morgan fingerprint density at radius 3 is 2.47 bits per heavy atom. The van der Waals surface area contributed by atoms with E-state index in [0.717, 1.165) is 11.4 Å². The Kier molecular flexibility index (Phi) is 6.05. The Hall–Kier alpha value is 0.120. The van der Waals surface area contributed by atoms with Crippen LogP contribution in [0.4, 0.5) is 0 Å². The maximum Gasteiger partial charge on any atom is 1.00 e. The quantitative estimate of drug-likeness (QED) is 0.428. The third-order valence-electron chi connectivity index (χ3n) is 1.87. The maximum absolute atomic E-state index is 10.3. The smallest absolute Gasteiger partial charge is 0.748 e. The molecule has 0 saturated carbocycles. The van der Waals surface area contributed by atoms with Gasteiger partial charge in [-0.05, 0) is 26.3 Å². The number of nitrogens with zero attached hydrogens (tertiary/aromatic N) is 2. The third-order valence-corrected chi connectivity index (χ3v) is 2.66. The van der Waals surface area contributed by atoms with Gasteiger partial charge in [-0.15, -0.1) is 0 Å². The van der Waals surface area contributed by atoms with E-state index in [1.165, 1.54) is 0 Å². The molecular formula is C8H13N2NaO3S. The molecule has 5 nitrogen and oxygen atoms in total. The Bertz CT molecular complexity index is 414. The minimum absolute atomic E-state index is 0. The van der Waals surface area contributed by atoms with Gasteiger partial charge < -0.3 is 4.55 Å². The molecule has 0 aliphatic rings. The molecule has 0 radical (unpaired) electrons. The fourth-order valence-electron chi connectivity index (χ4n) is 1.29. The Balaban J connectivity index is 0.00000196. The van der Waals surface area contributed by atoms with Crippen LogP contribution >= 0.6 is 0 Å². The Morgan fingerprint density at radius 1 is 1.47 bits per heavy atom. The second kappa shape index (κ2) is 6.00. The van der Waals surface area contributed by atoms with Crippen molar-refractivity contribution in [2.75, 3.05) is 5.75 Å². The van der Waals surface area contributed by atoms with Crippen molar-refractivity contribution in [1.29, 1.82) is 0 Å². The zero-order valence-electron chi connectivity index (χ0n) is 9.23. The molecule has 1 aromatic heterocycles. The monoisotopic (exact) mass is 240 g/mol. The van der Waals surface area contributed by atoms with Crippen LogP contribution in [0.15, 0.2) is 6.07 Å². The van der Waals surface area contributed by atoms with Crippen molar-refractivity contribution in [2.24, 2.45) is 0 Å². The number of rotatable bonds is 4. The molecule has 0 aliphatic carbocycles. The first-order valence-corrected chi connectivity index (χ1v) is 5.91. The van der Waals surface area contributed by atoms with Gasteiger partial charge in [-0.1, -0.05) is 0 Å². The van der Waals surface area contributed by atoms with Crippen LogP contribution in [0.2, 0.25) is 0 Å². The van der Waals surface area contributed by atoms with E-state index in [4.69, 9.17) is 0 Å². The summed E-state index contributed by atoms with van der Waals surface area (Å²) in [5, 5.41) is 4.15. The first kappa shape index (κ1) is 15.1. The Morgan fingerprint density at radius 2 is 2.07 bits per heavy atom. The van der Waals surface area contributed by atoms with E-state index in [-0.39, 0.29) is 35.3 Å². The first-order chi connectivity index (χ1) is 6.38. The molecule has 1 heterocycles. The molecule has 1 aromatic rings. The van der Waals surface area contributed by atoms with Crippen molar-refractivity contribution in [2.45, 2.75) is 26.8 Å². The van der Waals surface area contributed by atoms with Gasteiger partial charge >= 0.3 is 29.6 Å². The molecule has 7 heteroatoms. The number of aryl methyl sites for hydroxylation is 3. The summed E-state index contributed by atoms with van der Waals surface area (Å²) < 4.78 is 32.7. The van der Waals surface area contributed by atoms with Crippen molar-refractivity contribution in [3.63, 3.8) is 0 Å². The molecular weight excluding hydrogens is 227 g/mol. The van der Waals surface area contributed by atoms with Crippen LogP contribution in [0.3, 0.4) is 0 Å². The van der Waals surface area contributed by atoms with Gasteiger partial charge in [-0.25, -0.2) is 8.42 Å². The summed E-state index contributed by atoms with van der Waals surface area (Å²) in [6.45, 7) is 4.24. The fourth-order valence-corrected chi connectivity index (χ4v) is 1.78. The summed E-state index contributed by atoms with van der Waals surface area (Å²) in [6, 6.07) is 1.91. The number of hydrogen-bond acceptors (Lipinski definition) is 4. The molecule has 0 fully saturated rings. The summed E-state index contributed by atoms with van der Waals surface area (Å²) in [5.74, 6) is -0.328. The van der Waals surface area contributed by atoms with Gasteiger partial charge in [-0.3, -0.25) is 4.68 Å². The van der Waals surface area contributed by atoms with Crippen LogP contribution < -0.4 is 29.6 Å². The van der Waals surface area contributed by atoms with Gasteiger partial charge in [0.1, 0.15) is 0 Å². The van der Waals surface area contributed by atoms with E-state index in [9.17, 15) is 13.0 Å². The second-order valence-corrected chi connectivity index (χ2v) is 4.79. The minimum atomic E-state index is -4.09. The molecule has 0 aromatic carbocycles. The fraction of sp³-hybridized carbons (Fsp3) is 0.625. The van der Waals surface area contributed by atoms with E-state index < -0.39 is 10.1 Å². The van der Waals surface area contributed by atoms with Crippen LogP contribution in [0.1, 0.15) is 17.8 Å². The van der Waals surface area contributed by atoms with E-state index in [0.29, 0.717) is 13.0 Å². The molecule has 0 spiro atoms. The van der Waals surface area contributed by atoms with Gasteiger partial charge in [0.25, 0.3) is 0 Å². The van der Waals surface area contributed by atoms with Gasteiger partial charge in [0.2, 0.25) is 0 Å². The van der Waals surface area contributed by atoms with E-state index in [1.54, 1.807) is 4.68 Å². The number of aromatic nitrogens is 2. The molecule has 0 aliphatic heterocycles. The van der Waals surface area contributed by atoms with E-state index in [1.807, 2.05) is 19.9 Å². The van der Waals surface area contributed by atoms with Crippen LogP contribution in [0, 0.1) is 13.8 Å². The molecule has 0 amide bonds. The molecule has 0 atom stereocenters. The average Bonchev–Trinajstić information content (AvgIpc) is 2.27. The predicted molar refractivity (Wildman–Crippen MR) is 50.9 cm³/mol. The normalized spacial score (nSPS) is 11.1. The molecule has 15 heavy (non-hydrogen) atoms. The van der Waals surface area contributed by atoms with Gasteiger partial charge in [0, 0.05) is 18.0 Å². The third kappa shape index (κ3) is 5.67. The van der Waals surface area contributed by atoms with Crippen LogP contribution in [-0.4, -0.2) is 28.5 Å². The van der Waals surface area contributed by atoms with Crippen LogP contribution in [-0.2, 0) is 16.7 Å². The van der Waals surface area contributed by atoms with Crippen molar-refractivity contribution >= 4 is 10.1 Å².